The second-order valence-electron chi connectivity index (χ2n) is 5.08. The van der Waals surface area contributed by atoms with E-state index in [4.69, 9.17) is 10.2 Å². The Labute approximate surface area is 136 Å². The first-order valence-corrected chi connectivity index (χ1v) is 7.06. The summed E-state index contributed by atoms with van der Waals surface area (Å²) < 4.78 is 31.9. The smallest absolute Gasteiger partial charge is 0.273 e. The van der Waals surface area contributed by atoms with Crippen molar-refractivity contribution >= 4 is 11.6 Å². The molecule has 0 fully saturated rings. The third-order valence-electron chi connectivity index (χ3n) is 3.32. The van der Waals surface area contributed by atoms with E-state index in [1.54, 1.807) is 24.3 Å². The quantitative estimate of drug-likeness (QED) is 0.721. The number of carbonyl (C=O) groups excluding carboxylic acids is 1. The number of nitrogens with one attached hydrogen (secondary N) is 1. The molecule has 1 aromatic heterocycles. The van der Waals surface area contributed by atoms with Crippen molar-refractivity contribution < 1.29 is 18.0 Å². The molecule has 24 heavy (non-hydrogen) atoms. The van der Waals surface area contributed by atoms with Crippen LogP contribution in [0.15, 0.2) is 53.1 Å². The number of nitrogen functional groups attached to an aromatic ring is 1. The molecule has 2 aromatic carbocycles. The normalized spacial score (nSPS) is 10.6. The number of halogens is 2. The van der Waals surface area contributed by atoms with Crippen LogP contribution in [0.25, 0.3) is 11.5 Å². The zero-order chi connectivity index (χ0) is 17.1. The molecule has 1 heterocycles. The number of hydrogen-bond donors (Lipinski definition) is 2. The summed E-state index contributed by atoms with van der Waals surface area (Å²) in [5, 5.41) is 2.47. The van der Waals surface area contributed by atoms with Crippen molar-refractivity contribution in [3.8, 4) is 11.5 Å². The first kappa shape index (κ1) is 15.7. The van der Waals surface area contributed by atoms with Gasteiger partial charge >= 0.3 is 0 Å². The lowest BCUT2D eigenvalue weighted by Crippen LogP contribution is -2.23. The Morgan fingerprint density at radius 2 is 2.04 bits per heavy atom. The summed E-state index contributed by atoms with van der Waals surface area (Å²) >= 11 is 0. The SMILES string of the molecule is Nc1cccc(-c2nc(C(=O)NCc3cc(F)ccc3F)co2)c1. The minimum absolute atomic E-state index is 0.0317. The second-order valence-corrected chi connectivity index (χ2v) is 5.08. The highest BCUT2D eigenvalue weighted by Crippen LogP contribution is 2.20. The maximum atomic E-state index is 13.5. The van der Waals surface area contributed by atoms with E-state index in [1.165, 1.54) is 6.26 Å². The van der Waals surface area contributed by atoms with Gasteiger partial charge < -0.3 is 15.5 Å². The van der Waals surface area contributed by atoms with E-state index in [2.05, 4.69) is 10.3 Å². The molecular formula is C17H13F2N3O2. The first-order valence-electron chi connectivity index (χ1n) is 7.06. The van der Waals surface area contributed by atoms with Crippen LogP contribution in [0.1, 0.15) is 16.1 Å². The number of anilines is 1. The second kappa shape index (κ2) is 6.49. The van der Waals surface area contributed by atoms with E-state index in [9.17, 15) is 13.6 Å². The molecule has 122 valence electrons. The molecule has 5 nitrogen and oxygen atoms in total. The van der Waals surface area contributed by atoms with Gasteiger partial charge in [0, 0.05) is 23.4 Å². The number of amides is 1. The standard InChI is InChI=1S/C17H13F2N3O2/c18-12-4-5-14(19)11(6-12)8-21-16(23)15-9-24-17(22-15)10-2-1-3-13(20)7-10/h1-7,9H,8,20H2,(H,21,23). The molecule has 0 atom stereocenters. The van der Waals surface area contributed by atoms with Crippen molar-refractivity contribution in [2.24, 2.45) is 0 Å². The highest BCUT2D eigenvalue weighted by atomic mass is 19.1. The lowest BCUT2D eigenvalue weighted by Gasteiger charge is -2.04. The minimum atomic E-state index is -0.600. The van der Waals surface area contributed by atoms with E-state index >= 15 is 0 Å². The summed E-state index contributed by atoms with van der Waals surface area (Å²) in [5.41, 5.74) is 6.93. The lowest BCUT2D eigenvalue weighted by atomic mass is 10.2. The molecular weight excluding hydrogens is 316 g/mol. The van der Waals surface area contributed by atoms with Gasteiger partial charge in [-0.2, -0.15) is 0 Å². The number of carbonyl (C=O) groups is 1. The van der Waals surface area contributed by atoms with Gasteiger partial charge in [0.15, 0.2) is 5.69 Å². The number of hydrogen-bond acceptors (Lipinski definition) is 4. The summed E-state index contributed by atoms with van der Waals surface area (Å²) in [5.74, 6) is -1.50. The van der Waals surface area contributed by atoms with Crippen LogP contribution >= 0.6 is 0 Å². The zero-order valence-electron chi connectivity index (χ0n) is 12.4. The van der Waals surface area contributed by atoms with Gasteiger partial charge in [0.05, 0.1) is 0 Å². The Bertz CT molecular complexity index is 893. The third-order valence-corrected chi connectivity index (χ3v) is 3.32. The number of benzene rings is 2. The van der Waals surface area contributed by atoms with Crippen LogP contribution in [-0.4, -0.2) is 10.9 Å². The molecule has 0 bridgehead atoms. The fourth-order valence-electron chi connectivity index (χ4n) is 2.13. The topological polar surface area (TPSA) is 81.1 Å². The monoisotopic (exact) mass is 329 g/mol. The van der Waals surface area contributed by atoms with E-state index in [0.717, 1.165) is 18.2 Å². The number of nitrogens with two attached hydrogens (primary N) is 1. The summed E-state index contributed by atoms with van der Waals surface area (Å²) in [6.07, 6.45) is 1.19. The van der Waals surface area contributed by atoms with E-state index in [1.807, 2.05) is 0 Å². The molecule has 0 aliphatic heterocycles. The van der Waals surface area contributed by atoms with Gasteiger partial charge in [0.1, 0.15) is 17.9 Å². The molecule has 0 aliphatic carbocycles. The largest absolute Gasteiger partial charge is 0.444 e. The average Bonchev–Trinajstić information content (AvgIpc) is 3.05. The lowest BCUT2D eigenvalue weighted by molar-refractivity contribution is 0.0945. The first-order chi connectivity index (χ1) is 11.5. The number of oxazole rings is 1. The van der Waals surface area contributed by atoms with Crippen LogP contribution in [0, 0.1) is 11.6 Å². The van der Waals surface area contributed by atoms with Gasteiger partial charge in [-0.05, 0) is 36.4 Å². The highest BCUT2D eigenvalue weighted by Gasteiger charge is 2.14. The van der Waals surface area contributed by atoms with E-state index in [-0.39, 0.29) is 23.7 Å². The van der Waals surface area contributed by atoms with Gasteiger partial charge in [-0.25, -0.2) is 13.8 Å². The molecule has 0 aliphatic rings. The molecule has 0 unspecified atom stereocenters. The Hall–Kier alpha value is -3.22. The van der Waals surface area contributed by atoms with Crippen LogP contribution < -0.4 is 11.1 Å². The average molecular weight is 329 g/mol. The minimum Gasteiger partial charge on any atom is -0.444 e. The number of rotatable bonds is 4. The van der Waals surface area contributed by atoms with Crippen LogP contribution in [-0.2, 0) is 6.54 Å². The Morgan fingerprint density at radius 1 is 1.21 bits per heavy atom. The molecule has 3 rings (SSSR count). The predicted molar refractivity (Wildman–Crippen MR) is 83.9 cm³/mol. The Balaban J connectivity index is 1.71. The van der Waals surface area contributed by atoms with Crippen LogP contribution in [0.3, 0.4) is 0 Å². The summed E-state index contributed by atoms with van der Waals surface area (Å²) in [7, 11) is 0. The van der Waals surface area contributed by atoms with Crippen molar-refractivity contribution in [2.75, 3.05) is 5.73 Å². The number of aromatic nitrogens is 1. The van der Waals surface area contributed by atoms with Gasteiger partial charge in [0.2, 0.25) is 5.89 Å². The van der Waals surface area contributed by atoms with E-state index in [0.29, 0.717) is 11.3 Å². The number of nitrogens with zero attached hydrogens (tertiary/aromatic N) is 1. The fourth-order valence-corrected chi connectivity index (χ4v) is 2.13. The summed E-state index contributed by atoms with van der Waals surface area (Å²) in [6, 6.07) is 9.90. The summed E-state index contributed by atoms with van der Waals surface area (Å²) in [4.78, 5) is 16.1. The maximum Gasteiger partial charge on any atom is 0.273 e. The summed E-state index contributed by atoms with van der Waals surface area (Å²) in [6.45, 7) is -0.164. The maximum absolute atomic E-state index is 13.5. The molecule has 0 saturated carbocycles. The molecule has 7 heteroatoms. The fraction of sp³-hybridized carbons (Fsp3) is 0.0588. The Kier molecular flexibility index (Phi) is 4.24. The molecule has 0 spiro atoms. The molecule has 3 aromatic rings. The van der Waals surface area contributed by atoms with Crippen LogP contribution in [0.4, 0.5) is 14.5 Å². The van der Waals surface area contributed by atoms with Crippen molar-refractivity contribution in [2.45, 2.75) is 6.54 Å². The third kappa shape index (κ3) is 3.40. The van der Waals surface area contributed by atoms with Crippen LogP contribution in [0.5, 0.6) is 0 Å². The van der Waals surface area contributed by atoms with E-state index < -0.39 is 17.5 Å². The molecule has 1 amide bonds. The van der Waals surface area contributed by atoms with Crippen LogP contribution in [0.2, 0.25) is 0 Å². The van der Waals surface area contributed by atoms with Crippen molar-refractivity contribution in [1.82, 2.24) is 10.3 Å². The zero-order valence-corrected chi connectivity index (χ0v) is 12.4. The van der Waals surface area contributed by atoms with Gasteiger partial charge in [-0.1, -0.05) is 6.07 Å². The predicted octanol–water partition coefficient (Wildman–Crippen LogP) is 3.13. The Morgan fingerprint density at radius 3 is 2.83 bits per heavy atom. The van der Waals surface area contributed by atoms with Gasteiger partial charge in [-0.15, -0.1) is 0 Å². The molecule has 0 saturated heterocycles. The van der Waals surface area contributed by atoms with Gasteiger partial charge in [0.25, 0.3) is 5.91 Å². The molecule has 0 radical (unpaired) electrons. The molecule has 3 N–H and O–H groups in total. The van der Waals surface area contributed by atoms with Crippen molar-refractivity contribution in [3.05, 3.63) is 71.6 Å². The van der Waals surface area contributed by atoms with Crippen molar-refractivity contribution in [3.63, 3.8) is 0 Å². The van der Waals surface area contributed by atoms with Crippen molar-refractivity contribution in [1.29, 1.82) is 0 Å². The highest BCUT2D eigenvalue weighted by molar-refractivity contribution is 5.92. The van der Waals surface area contributed by atoms with Gasteiger partial charge in [-0.3, -0.25) is 4.79 Å².